The molecule has 22 heavy (non-hydrogen) atoms. The Labute approximate surface area is 135 Å². The fourth-order valence-electron chi connectivity index (χ4n) is 2.11. The van der Waals surface area contributed by atoms with Crippen LogP contribution in [0.2, 0.25) is 5.15 Å². The first-order valence-corrected chi connectivity index (χ1v) is 8.38. The summed E-state index contributed by atoms with van der Waals surface area (Å²) in [4.78, 5) is 3.92. The standard InChI is InChI=1S/C15H16ClN3O2S/c1-5-12-7-6-8-13(9-12)19(11(2)3)22(20,21)15-14(16)18(4)10-17-15/h1,6-11H,2-4H3. The van der Waals surface area contributed by atoms with Crippen LogP contribution in [-0.4, -0.2) is 24.0 Å². The van der Waals surface area contributed by atoms with Crippen LogP contribution in [0.25, 0.3) is 0 Å². The molecule has 0 saturated carbocycles. The molecule has 116 valence electrons. The topological polar surface area (TPSA) is 55.2 Å². The van der Waals surface area contributed by atoms with Crippen LogP contribution >= 0.6 is 11.6 Å². The molecule has 0 radical (unpaired) electrons. The molecule has 2 aromatic rings. The van der Waals surface area contributed by atoms with E-state index in [-0.39, 0.29) is 16.2 Å². The van der Waals surface area contributed by atoms with Crippen LogP contribution in [0.3, 0.4) is 0 Å². The van der Waals surface area contributed by atoms with Gasteiger partial charge in [0.15, 0.2) is 0 Å². The minimum absolute atomic E-state index is 0.0683. The molecule has 1 aromatic heterocycles. The van der Waals surface area contributed by atoms with E-state index in [2.05, 4.69) is 10.9 Å². The van der Waals surface area contributed by atoms with Crippen molar-refractivity contribution in [3.63, 3.8) is 0 Å². The highest BCUT2D eigenvalue weighted by atomic mass is 35.5. The number of aromatic nitrogens is 2. The summed E-state index contributed by atoms with van der Waals surface area (Å²) < 4.78 is 28.6. The SMILES string of the molecule is C#Cc1cccc(N(C(C)C)S(=O)(=O)c2ncn(C)c2Cl)c1. The van der Waals surface area contributed by atoms with Crippen LogP contribution in [0.4, 0.5) is 5.69 Å². The number of imidazole rings is 1. The lowest BCUT2D eigenvalue weighted by atomic mass is 10.2. The van der Waals surface area contributed by atoms with Gasteiger partial charge in [-0.15, -0.1) is 6.42 Å². The molecular weight excluding hydrogens is 322 g/mol. The van der Waals surface area contributed by atoms with Gasteiger partial charge in [-0.25, -0.2) is 4.98 Å². The molecular formula is C15H16ClN3O2S. The summed E-state index contributed by atoms with van der Waals surface area (Å²) in [6.45, 7) is 3.55. The van der Waals surface area contributed by atoms with Gasteiger partial charge >= 0.3 is 0 Å². The zero-order chi connectivity index (χ0) is 16.5. The van der Waals surface area contributed by atoms with Gasteiger partial charge in [0.1, 0.15) is 5.15 Å². The number of terminal acetylenes is 1. The summed E-state index contributed by atoms with van der Waals surface area (Å²) in [5, 5.41) is -0.102. The van der Waals surface area contributed by atoms with Crippen LogP contribution < -0.4 is 4.31 Å². The average Bonchev–Trinajstić information content (AvgIpc) is 2.79. The Morgan fingerprint density at radius 1 is 1.41 bits per heavy atom. The lowest BCUT2D eigenvalue weighted by molar-refractivity contribution is 0.581. The van der Waals surface area contributed by atoms with Gasteiger partial charge in [0.25, 0.3) is 10.0 Å². The van der Waals surface area contributed by atoms with E-state index in [9.17, 15) is 8.42 Å². The summed E-state index contributed by atoms with van der Waals surface area (Å²) in [7, 11) is -2.26. The van der Waals surface area contributed by atoms with E-state index in [0.29, 0.717) is 11.3 Å². The van der Waals surface area contributed by atoms with Gasteiger partial charge in [-0.3, -0.25) is 4.31 Å². The lowest BCUT2D eigenvalue weighted by Crippen LogP contribution is -2.37. The number of anilines is 1. The van der Waals surface area contributed by atoms with Gasteiger partial charge < -0.3 is 4.57 Å². The highest BCUT2D eigenvalue weighted by Crippen LogP contribution is 2.29. The van der Waals surface area contributed by atoms with Crippen molar-refractivity contribution in [2.45, 2.75) is 24.9 Å². The number of benzene rings is 1. The molecule has 0 aliphatic rings. The molecule has 0 saturated heterocycles. The van der Waals surface area contributed by atoms with Crippen molar-refractivity contribution < 1.29 is 8.42 Å². The summed E-state index contributed by atoms with van der Waals surface area (Å²) in [5.74, 6) is 2.50. The van der Waals surface area contributed by atoms with Gasteiger partial charge in [-0.05, 0) is 32.0 Å². The van der Waals surface area contributed by atoms with Crippen LogP contribution in [0.5, 0.6) is 0 Å². The summed E-state index contributed by atoms with van der Waals surface area (Å²) >= 11 is 6.05. The smallest absolute Gasteiger partial charge is 0.285 e. The number of hydrogen-bond donors (Lipinski definition) is 0. The predicted molar refractivity (Wildman–Crippen MR) is 87.4 cm³/mol. The Morgan fingerprint density at radius 3 is 2.59 bits per heavy atom. The first-order valence-electron chi connectivity index (χ1n) is 6.57. The zero-order valence-corrected chi connectivity index (χ0v) is 14.1. The van der Waals surface area contributed by atoms with E-state index < -0.39 is 10.0 Å². The van der Waals surface area contributed by atoms with E-state index >= 15 is 0 Å². The number of halogens is 1. The third kappa shape index (κ3) is 2.82. The normalized spacial score (nSPS) is 11.5. The minimum atomic E-state index is -3.89. The molecule has 5 nitrogen and oxygen atoms in total. The van der Waals surface area contributed by atoms with Crippen molar-refractivity contribution in [1.82, 2.24) is 9.55 Å². The van der Waals surface area contributed by atoms with Crippen LogP contribution in [0, 0.1) is 12.3 Å². The molecule has 0 N–H and O–H groups in total. The molecule has 0 unspecified atom stereocenters. The molecule has 0 fully saturated rings. The summed E-state index contributed by atoms with van der Waals surface area (Å²) in [5.41, 5.74) is 1.08. The van der Waals surface area contributed by atoms with E-state index in [1.54, 1.807) is 45.2 Å². The zero-order valence-electron chi connectivity index (χ0n) is 12.5. The van der Waals surface area contributed by atoms with E-state index in [0.717, 1.165) is 0 Å². The molecule has 0 spiro atoms. The van der Waals surface area contributed by atoms with Crippen LogP contribution in [0.15, 0.2) is 35.6 Å². The maximum atomic E-state index is 12.9. The quantitative estimate of drug-likeness (QED) is 0.806. The molecule has 2 rings (SSSR count). The maximum Gasteiger partial charge on any atom is 0.285 e. The van der Waals surface area contributed by atoms with Gasteiger partial charge in [-0.2, -0.15) is 8.42 Å². The second-order valence-electron chi connectivity index (χ2n) is 5.04. The predicted octanol–water partition coefficient (Wildman–Crippen LogP) is 2.66. The second kappa shape index (κ2) is 6.03. The van der Waals surface area contributed by atoms with Crippen LogP contribution in [0.1, 0.15) is 19.4 Å². The molecule has 7 heteroatoms. The Bertz CT molecular complexity index is 835. The number of aryl methyl sites for hydroxylation is 1. The molecule has 0 atom stereocenters. The lowest BCUT2D eigenvalue weighted by Gasteiger charge is -2.27. The highest BCUT2D eigenvalue weighted by molar-refractivity contribution is 7.92. The Hall–Kier alpha value is -1.97. The largest absolute Gasteiger partial charge is 0.324 e. The van der Waals surface area contributed by atoms with Gasteiger partial charge in [0.2, 0.25) is 5.03 Å². The number of hydrogen-bond acceptors (Lipinski definition) is 3. The van der Waals surface area contributed by atoms with E-state index in [4.69, 9.17) is 18.0 Å². The van der Waals surface area contributed by atoms with Gasteiger partial charge in [0, 0.05) is 18.7 Å². The summed E-state index contributed by atoms with van der Waals surface area (Å²) in [6.07, 6.45) is 6.75. The third-order valence-electron chi connectivity index (χ3n) is 3.07. The second-order valence-corrected chi connectivity index (χ2v) is 7.13. The molecule has 0 aliphatic carbocycles. The third-order valence-corrected chi connectivity index (χ3v) is 5.57. The molecule has 0 amide bonds. The first-order chi connectivity index (χ1) is 10.3. The first kappa shape index (κ1) is 16.4. The van der Waals surface area contributed by atoms with Crippen molar-refractivity contribution in [3.05, 3.63) is 41.3 Å². The van der Waals surface area contributed by atoms with Gasteiger partial charge in [-0.1, -0.05) is 23.6 Å². The Kier molecular flexibility index (Phi) is 4.50. The fraction of sp³-hybridized carbons (Fsp3) is 0.267. The number of sulfonamides is 1. The fourth-order valence-corrected chi connectivity index (χ4v) is 4.16. The van der Waals surface area contributed by atoms with Crippen molar-refractivity contribution in [3.8, 4) is 12.3 Å². The van der Waals surface area contributed by atoms with E-state index in [1.807, 2.05) is 0 Å². The molecule has 0 bridgehead atoms. The summed E-state index contributed by atoms with van der Waals surface area (Å²) in [6, 6.07) is 6.47. The molecule has 1 aromatic carbocycles. The van der Waals surface area contributed by atoms with Gasteiger partial charge in [0.05, 0.1) is 12.0 Å². The maximum absolute atomic E-state index is 12.9. The van der Waals surface area contributed by atoms with Crippen molar-refractivity contribution in [1.29, 1.82) is 0 Å². The van der Waals surface area contributed by atoms with E-state index in [1.165, 1.54) is 15.2 Å². The average molecular weight is 338 g/mol. The van der Waals surface area contributed by atoms with Crippen molar-refractivity contribution >= 4 is 27.3 Å². The van der Waals surface area contributed by atoms with Crippen molar-refractivity contribution in [2.75, 3.05) is 4.31 Å². The van der Waals surface area contributed by atoms with Crippen molar-refractivity contribution in [2.24, 2.45) is 7.05 Å². The van der Waals surface area contributed by atoms with Crippen LogP contribution in [-0.2, 0) is 17.1 Å². The number of rotatable bonds is 4. The molecule has 1 heterocycles. The Morgan fingerprint density at radius 2 is 2.09 bits per heavy atom. The minimum Gasteiger partial charge on any atom is -0.324 e. The highest BCUT2D eigenvalue weighted by Gasteiger charge is 2.32. The Balaban J connectivity index is 2.61. The molecule has 0 aliphatic heterocycles. The monoisotopic (exact) mass is 337 g/mol. The number of nitrogens with zero attached hydrogens (tertiary/aromatic N) is 3.